The van der Waals surface area contributed by atoms with Crippen molar-refractivity contribution in [2.45, 2.75) is 32.2 Å². The molecule has 1 N–H and O–H groups in total. The number of fused-ring (bicyclic) bond motifs is 1. The van der Waals surface area contributed by atoms with E-state index in [1.807, 2.05) is 0 Å². The molecule has 0 bridgehead atoms. The normalized spacial score (nSPS) is 11.0. The molecule has 0 saturated heterocycles. The third-order valence-corrected chi connectivity index (χ3v) is 4.42. The first kappa shape index (κ1) is 12.6. The van der Waals surface area contributed by atoms with Crippen molar-refractivity contribution >= 4 is 39.3 Å². The molecule has 0 aliphatic rings. The van der Waals surface area contributed by atoms with Gasteiger partial charge in [-0.3, -0.25) is 0 Å². The summed E-state index contributed by atoms with van der Waals surface area (Å²) in [6, 6.07) is 2.23. The monoisotopic (exact) mass is 267 g/mol. The first-order valence-electron chi connectivity index (χ1n) is 5.95. The van der Waals surface area contributed by atoms with E-state index >= 15 is 0 Å². The van der Waals surface area contributed by atoms with Crippen LogP contribution in [0.5, 0.6) is 0 Å². The van der Waals surface area contributed by atoms with Gasteiger partial charge < -0.3 is 5.32 Å². The highest BCUT2D eigenvalue weighted by Crippen LogP contribution is 2.32. The zero-order valence-electron chi connectivity index (χ0n) is 10.4. The number of nitrogens with one attached hydrogen (secondary N) is 1. The van der Waals surface area contributed by atoms with E-state index < -0.39 is 0 Å². The van der Waals surface area contributed by atoms with Gasteiger partial charge in [0.15, 0.2) is 0 Å². The van der Waals surface area contributed by atoms with Gasteiger partial charge in [0.05, 0.1) is 0 Å². The van der Waals surface area contributed by atoms with Crippen LogP contribution in [0, 0.1) is 0 Å². The van der Waals surface area contributed by atoms with Crippen molar-refractivity contribution in [1.29, 1.82) is 0 Å². The molecule has 0 aliphatic heterocycles. The Labute approximate surface area is 110 Å². The van der Waals surface area contributed by atoms with Crippen molar-refractivity contribution in [3.8, 4) is 0 Å². The van der Waals surface area contributed by atoms with Crippen LogP contribution in [-0.2, 0) is 6.42 Å². The van der Waals surface area contributed by atoms with E-state index in [1.54, 1.807) is 23.1 Å². The number of nitrogens with zero attached hydrogens (tertiary/aromatic N) is 2. The summed E-state index contributed by atoms with van der Waals surface area (Å²) >= 11 is 3.56. The predicted octanol–water partition coefficient (Wildman–Crippen LogP) is 3.80. The Morgan fingerprint density at radius 1 is 1.29 bits per heavy atom. The lowest BCUT2D eigenvalue weighted by Crippen LogP contribution is -2.02. The molecule has 2 heterocycles. The Hall–Kier alpha value is -0.810. The van der Waals surface area contributed by atoms with Crippen LogP contribution < -0.4 is 5.32 Å². The molecule has 0 unspecified atom stereocenters. The Morgan fingerprint density at radius 2 is 2.12 bits per heavy atom. The van der Waals surface area contributed by atoms with Gasteiger partial charge in [-0.2, -0.15) is 0 Å². The standard InChI is InChI=1S/C12H17N3S2/c1-4-8-7-9-10(16-6-3)14-12(13-5-2)15-11(9)17-8/h7H,4-6H2,1-3H3,(H,13,14,15). The molecule has 0 saturated carbocycles. The lowest BCUT2D eigenvalue weighted by Gasteiger charge is -2.04. The van der Waals surface area contributed by atoms with Crippen molar-refractivity contribution in [3.63, 3.8) is 0 Å². The molecule has 0 aromatic carbocycles. The van der Waals surface area contributed by atoms with Crippen LogP contribution in [0.3, 0.4) is 0 Å². The van der Waals surface area contributed by atoms with Crippen LogP contribution in [0.25, 0.3) is 10.2 Å². The van der Waals surface area contributed by atoms with Crippen molar-refractivity contribution in [3.05, 3.63) is 10.9 Å². The second-order valence-corrected chi connectivity index (χ2v) is 5.97. The molecular weight excluding hydrogens is 250 g/mol. The van der Waals surface area contributed by atoms with Gasteiger partial charge in [-0.05, 0) is 25.2 Å². The maximum absolute atomic E-state index is 4.58. The second-order valence-electron chi connectivity index (χ2n) is 3.60. The van der Waals surface area contributed by atoms with Gasteiger partial charge in [-0.1, -0.05) is 13.8 Å². The van der Waals surface area contributed by atoms with Gasteiger partial charge in [0.25, 0.3) is 0 Å². The molecule has 0 amide bonds. The Morgan fingerprint density at radius 3 is 2.76 bits per heavy atom. The van der Waals surface area contributed by atoms with Crippen molar-refractivity contribution in [2.75, 3.05) is 17.6 Å². The van der Waals surface area contributed by atoms with E-state index in [9.17, 15) is 0 Å². The molecule has 0 aliphatic carbocycles. The fraction of sp³-hybridized carbons (Fsp3) is 0.500. The smallest absolute Gasteiger partial charge is 0.225 e. The van der Waals surface area contributed by atoms with Crippen LogP contribution in [-0.4, -0.2) is 22.3 Å². The summed E-state index contributed by atoms with van der Waals surface area (Å²) < 4.78 is 0. The van der Waals surface area contributed by atoms with Crippen molar-refractivity contribution in [2.24, 2.45) is 0 Å². The highest BCUT2D eigenvalue weighted by molar-refractivity contribution is 7.99. The molecule has 0 radical (unpaired) electrons. The van der Waals surface area contributed by atoms with Gasteiger partial charge in [0.2, 0.25) is 5.95 Å². The number of hydrogen-bond acceptors (Lipinski definition) is 5. The van der Waals surface area contributed by atoms with Crippen LogP contribution in [0.1, 0.15) is 25.6 Å². The van der Waals surface area contributed by atoms with Crippen molar-refractivity contribution < 1.29 is 0 Å². The van der Waals surface area contributed by atoms with Gasteiger partial charge in [0, 0.05) is 16.8 Å². The average molecular weight is 267 g/mol. The molecule has 0 atom stereocenters. The molecule has 5 heteroatoms. The third-order valence-electron chi connectivity index (χ3n) is 2.37. The van der Waals surface area contributed by atoms with Crippen LogP contribution in [0.2, 0.25) is 0 Å². The predicted molar refractivity (Wildman–Crippen MR) is 77.4 cm³/mol. The first-order chi connectivity index (χ1) is 8.28. The van der Waals surface area contributed by atoms with E-state index in [-0.39, 0.29) is 0 Å². The topological polar surface area (TPSA) is 37.8 Å². The van der Waals surface area contributed by atoms with E-state index in [0.29, 0.717) is 0 Å². The van der Waals surface area contributed by atoms with E-state index in [1.165, 1.54) is 10.3 Å². The molecule has 0 spiro atoms. The minimum Gasteiger partial charge on any atom is -0.354 e. The van der Waals surface area contributed by atoms with E-state index in [0.717, 1.165) is 34.5 Å². The summed E-state index contributed by atoms with van der Waals surface area (Å²) in [5, 5.41) is 5.51. The number of hydrogen-bond donors (Lipinski definition) is 1. The molecule has 3 nitrogen and oxygen atoms in total. The largest absolute Gasteiger partial charge is 0.354 e. The number of rotatable bonds is 5. The number of aromatic nitrogens is 2. The Balaban J connectivity index is 2.52. The maximum atomic E-state index is 4.58. The van der Waals surface area contributed by atoms with Gasteiger partial charge in [0.1, 0.15) is 9.86 Å². The fourth-order valence-electron chi connectivity index (χ4n) is 1.60. The van der Waals surface area contributed by atoms with Crippen LogP contribution >= 0.6 is 23.1 Å². The van der Waals surface area contributed by atoms with Gasteiger partial charge >= 0.3 is 0 Å². The summed E-state index contributed by atoms with van der Waals surface area (Å²) in [6.45, 7) is 7.24. The zero-order chi connectivity index (χ0) is 12.3. The highest BCUT2D eigenvalue weighted by atomic mass is 32.2. The third kappa shape index (κ3) is 2.72. The van der Waals surface area contributed by atoms with Gasteiger partial charge in [-0.25, -0.2) is 9.97 Å². The molecular formula is C12H17N3S2. The summed E-state index contributed by atoms with van der Waals surface area (Å²) in [4.78, 5) is 11.6. The first-order valence-corrected chi connectivity index (χ1v) is 7.75. The number of thioether (sulfide) groups is 1. The average Bonchev–Trinajstić information content (AvgIpc) is 2.73. The molecule has 17 heavy (non-hydrogen) atoms. The molecule has 2 rings (SSSR count). The number of aryl methyl sites for hydroxylation is 1. The van der Waals surface area contributed by atoms with Crippen molar-refractivity contribution in [1.82, 2.24) is 9.97 Å². The zero-order valence-corrected chi connectivity index (χ0v) is 12.0. The summed E-state index contributed by atoms with van der Waals surface area (Å²) in [5.41, 5.74) is 0. The molecule has 2 aromatic heterocycles. The maximum Gasteiger partial charge on any atom is 0.225 e. The van der Waals surface area contributed by atoms with Gasteiger partial charge in [-0.15, -0.1) is 23.1 Å². The second kappa shape index (κ2) is 5.69. The molecule has 92 valence electrons. The van der Waals surface area contributed by atoms with E-state index in [4.69, 9.17) is 0 Å². The lowest BCUT2D eigenvalue weighted by molar-refractivity contribution is 1.06. The number of thiophene rings is 1. The highest BCUT2D eigenvalue weighted by Gasteiger charge is 2.10. The SMILES string of the molecule is CCNc1nc(SCC)c2cc(CC)sc2n1. The number of anilines is 1. The molecule has 0 fully saturated rings. The molecule has 2 aromatic rings. The fourth-order valence-corrected chi connectivity index (χ4v) is 3.37. The Bertz CT molecular complexity index is 508. The van der Waals surface area contributed by atoms with Crippen LogP contribution in [0.4, 0.5) is 5.95 Å². The quantitative estimate of drug-likeness (QED) is 0.660. The van der Waals surface area contributed by atoms with E-state index in [2.05, 4.69) is 42.1 Å². The van der Waals surface area contributed by atoms with Crippen LogP contribution in [0.15, 0.2) is 11.1 Å². The summed E-state index contributed by atoms with van der Waals surface area (Å²) in [6.07, 6.45) is 1.06. The summed E-state index contributed by atoms with van der Waals surface area (Å²) in [7, 11) is 0. The minimum absolute atomic E-state index is 0.750. The Kier molecular flexibility index (Phi) is 4.23. The minimum atomic E-state index is 0.750. The lowest BCUT2D eigenvalue weighted by atomic mass is 10.3. The summed E-state index contributed by atoms with van der Waals surface area (Å²) in [5.74, 6) is 1.79.